The largest absolute Gasteiger partial charge is 0.465 e. The van der Waals surface area contributed by atoms with E-state index in [1.54, 1.807) is 12.3 Å². The van der Waals surface area contributed by atoms with Crippen LogP contribution >= 0.6 is 0 Å². The monoisotopic (exact) mass is 326 g/mol. The highest BCUT2D eigenvalue weighted by Gasteiger charge is 2.23. The topological polar surface area (TPSA) is 51.2 Å². The molecule has 0 aliphatic heterocycles. The molecule has 128 valence electrons. The van der Waals surface area contributed by atoms with E-state index in [2.05, 4.69) is 29.1 Å². The molecule has 0 radical (unpaired) electrons. The van der Waals surface area contributed by atoms with E-state index in [0.717, 1.165) is 23.7 Å². The normalized spacial score (nSPS) is 23.1. The lowest BCUT2D eigenvalue weighted by molar-refractivity contribution is 0.0600. The lowest BCUT2D eigenvalue weighted by Crippen LogP contribution is -2.11. The SMILES string of the molecule is COC(=O)c1cnc(NC2CC2)c(C#CC[C@H]2CC[C@H](C)CC2)c1. The number of hydrogen-bond donors (Lipinski definition) is 1. The Balaban J connectivity index is 1.71. The minimum atomic E-state index is -0.371. The molecule has 1 aromatic heterocycles. The van der Waals surface area contributed by atoms with Gasteiger partial charge in [0.15, 0.2) is 0 Å². The maximum absolute atomic E-state index is 11.7. The zero-order chi connectivity index (χ0) is 16.9. The first-order valence-corrected chi connectivity index (χ1v) is 8.99. The summed E-state index contributed by atoms with van der Waals surface area (Å²) in [4.78, 5) is 16.1. The molecule has 2 fully saturated rings. The van der Waals surface area contributed by atoms with Crippen molar-refractivity contribution in [2.45, 2.75) is 57.9 Å². The average Bonchev–Trinajstić information content (AvgIpc) is 3.41. The van der Waals surface area contributed by atoms with Gasteiger partial charge in [0.2, 0.25) is 0 Å². The van der Waals surface area contributed by atoms with Gasteiger partial charge in [-0.25, -0.2) is 9.78 Å². The van der Waals surface area contributed by atoms with E-state index in [1.165, 1.54) is 45.6 Å². The molecule has 3 rings (SSSR count). The summed E-state index contributed by atoms with van der Waals surface area (Å²) in [6.45, 7) is 2.34. The van der Waals surface area contributed by atoms with Gasteiger partial charge in [0, 0.05) is 18.7 Å². The van der Waals surface area contributed by atoms with Crippen LogP contribution in [-0.2, 0) is 4.74 Å². The fourth-order valence-corrected chi connectivity index (χ4v) is 3.15. The second kappa shape index (κ2) is 7.70. The minimum Gasteiger partial charge on any atom is -0.465 e. The Morgan fingerprint density at radius 1 is 1.29 bits per heavy atom. The Hall–Kier alpha value is -2.02. The molecule has 0 aromatic carbocycles. The molecule has 1 heterocycles. The van der Waals surface area contributed by atoms with E-state index in [0.29, 0.717) is 17.5 Å². The predicted molar refractivity (Wildman–Crippen MR) is 94.8 cm³/mol. The van der Waals surface area contributed by atoms with E-state index in [-0.39, 0.29) is 5.97 Å². The Morgan fingerprint density at radius 2 is 2.04 bits per heavy atom. The predicted octanol–water partition coefficient (Wildman–Crippen LogP) is 4.01. The number of pyridine rings is 1. The molecule has 1 N–H and O–H groups in total. The van der Waals surface area contributed by atoms with Crippen LogP contribution in [0.1, 0.15) is 67.8 Å². The molecule has 4 heteroatoms. The summed E-state index contributed by atoms with van der Waals surface area (Å²) in [7, 11) is 1.38. The summed E-state index contributed by atoms with van der Waals surface area (Å²) in [6, 6.07) is 2.29. The fourth-order valence-electron chi connectivity index (χ4n) is 3.15. The van der Waals surface area contributed by atoms with Gasteiger partial charge in [-0.2, -0.15) is 0 Å². The molecule has 0 amide bonds. The molecule has 0 unspecified atom stereocenters. The van der Waals surface area contributed by atoms with Crippen LogP contribution in [0.4, 0.5) is 5.82 Å². The van der Waals surface area contributed by atoms with Gasteiger partial charge in [-0.05, 0) is 43.6 Å². The van der Waals surface area contributed by atoms with Crippen molar-refractivity contribution in [1.29, 1.82) is 0 Å². The first-order chi connectivity index (χ1) is 11.7. The molecule has 2 aliphatic carbocycles. The fraction of sp³-hybridized carbons (Fsp3) is 0.600. The first kappa shape index (κ1) is 16.8. The van der Waals surface area contributed by atoms with Crippen LogP contribution in [0.5, 0.6) is 0 Å². The second-order valence-corrected chi connectivity index (χ2v) is 7.16. The molecule has 0 atom stereocenters. The zero-order valence-corrected chi connectivity index (χ0v) is 14.6. The van der Waals surface area contributed by atoms with E-state index in [1.807, 2.05) is 0 Å². The van der Waals surface area contributed by atoms with Crippen molar-refractivity contribution in [1.82, 2.24) is 4.98 Å². The Morgan fingerprint density at radius 3 is 2.71 bits per heavy atom. The van der Waals surface area contributed by atoms with E-state index in [4.69, 9.17) is 4.74 Å². The molecular weight excluding hydrogens is 300 g/mol. The first-order valence-electron chi connectivity index (χ1n) is 8.99. The summed E-state index contributed by atoms with van der Waals surface area (Å²) >= 11 is 0. The lowest BCUT2D eigenvalue weighted by atomic mass is 9.81. The van der Waals surface area contributed by atoms with Crippen LogP contribution < -0.4 is 5.32 Å². The molecule has 4 nitrogen and oxygen atoms in total. The molecule has 0 spiro atoms. The number of carbonyl (C=O) groups excluding carboxylic acids is 1. The lowest BCUT2D eigenvalue weighted by Gasteiger charge is -2.24. The molecule has 2 saturated carbocycles. The highest BCUT2D eigenvalue weighted by molar-refractivity contribution is 5.89. The van der Waals surface area contributed by atoms with Gasteiger partial charge in [-0.1, -0.05) is 31.6 Å². The summed E-state index contributed by atoms with van der Waals surface area (Å²) < 4.78 is 4.79. The van der Waals surface area contributed by atoms with Gasteiger partial charge >= 0.3 is 5.97 Å². The highest BCUT2D eigenvalue weighted by atomic mass is 16.5. The van der Waals surface area contributed by atoms with Gasteiger partial charge < -0.3 is 10.1 Å². The molecular formula is C20H26N2O2. The molecule has 0 bridgehead atoms. The number of carbonyl (C=O) groups is 1. The minimum absolute atomic E-state index is 0.371. The van der Waals surface area contributed by atoms with Crippen molar-refractivity contribution in [3.63, 3.8) is 0 Å². The van der Waals surface area contributed by atoms with Crippen LogP contribution in [0.3, 0.4) is 0 Å². The van der Waals surface area contributed by atoms with Crippen molar-refractivity contribution in [2.24, 2.45) is 11.8 Å². The van der Waals surface area contributed by atoms with Crippen LogP contribution in [0.2, 0.25) is 0 Å². The van der Waals surface area contributed by atoms with Crippen molar-refractivity contribution >= 4 is 11.8 Å². The average molecular weight is 326 g/mol. The van der Waals surface area contributed by atoms with Crippen LogP contribution in [0, 0.1) is 23.7 Å². The number of methoxy groups -OCH3 is 1. The van der Waals surface area contributed by atoms with E-state index in [9.17, 15) is 4.79 Å². The van der Waals surface area contributed by atoms with Crippen molar-refractivity contribution in [2.75, 3.05) is 12.4 Å². The van der Waals surface area contributed by atoms with Crippen molar-refractivity contribution in [3.05, 3.63) is 23.4 Å². The molecule has 1 aromatic rings. The number of esters is 1. The van der Waals surface area contributed by atoms with E-state index < -0.39 is 0 Å². The summed E-state index contributed by atoms with van der Waals surface area (Å²) in [6.07, 6.45) is 10.0. The number of ether oxygens (including phenoxy) is 1. The molecule has 0 saturated heterocycles. The van der Waals surface area contributed by atoms with Crippen LogP contribution in [0.25, 0.3) is 0 Å². The van der Waals surface area contributed by atoms with Gasteiger partial charge in [0.05, 0.1) is 18.2 Å². The van der Waals surface area contributed by atoms with Crippen LogP contribution in [-0.4, -0.2) is 24.1 Å². The van der Waals surface area contributed by atoms with Gasteiger partial charge in [-0.15, -0.1) is 0 Å². The smallest absolute Gasteiger partial charge is 0.339 e. The number of hydrogen-bond acceptors (Lipinski definition) is 4. The summed E-state index contributed by atoms with van der Waals surface area (Å²) in [5.74, 6) is 8.56. The zero-order valence-electron chi connectivity index (χ0n) is 14.6. The maximum Gasteiger partial charge on any atom is 0.339 e. The Kier molecular flexibility index (Phi) is 5.40. The number of nitrogens with one attached hydrogen (secondary N) is 1. The maximum atomic E-state index is 11.7. The molecule has 24 heavy (non-hydrogen) atoms. The quantitative estimate of drug-likeness (QED) is 0.671. The summed E-state index contributed by atoms with van der Waals surface area (Å²) in [5, 5.41) is 3.40. The highest BCUT2D eigenvalue weighted by Crippen LogP contribution is 2.30. The van der Waals surface area contributed by atoms with Crippen LogP contribution in [0.15, 0.2) is 12.3 Å². The third-order valence-corrected chi connectivity index (χ3v) is 4.98. The third kappa shape index (κ3) is 4.50. The van der Waals surface area contributed by atoms with Crippen molar-refractivity contribution in [3.8, 4) is 11.8 Å². The van der Waals surface area contributed by atoms with Crippen molar-refractivity contribution < 1.29 is 9.53 Å². The number of aromatic nitrogens is 1. The number of rotatable bonds is 4. The number of anilines is 1. The van der Waals surface area contributed by atoms with Gasteiger partial charge in [-0.3, -0.25) is 0 Å². The van der Waals surface area contributed by atoms with Gasteiger partial charge in [0.25, 0.3) is 0 Å². The Bertz CT molecular complexity index is 647. The summed E-state index contributed by atoms with van der Waals surface area (Å²) in [5.41, 5.74) is 1.25. The third-order valence-electron chi connectivity index (χ3n) is 4.98. The Labute approximate surface area is 144 Å². The number of nitrogens with zero attached hydrogens (tertiary/aromatic N) is 1. The second-order valence-electron chi connectivity index (χ2n) is 7.16. The molecule has 2 aliphatic rings. The standard InChI is InChI=1S/C20H26N2O2/c1-14-6-8-15(9-7-14)4-3-5-16-12-17(20(23)24-2)13-21-19(16)22-18-10-11-18/h12-15,18H,4,6-11H2,1-2H3,(H,21,22)/t14-,15-. The van der Waals surface area contributed by atoms with Gasteiger partial charge in [0.1, 0.15) is 5.82 Å². The van der Waals surface area contributed by atoms with E-state index >= 15 is 0 Å².